The Balaban J connectivity index is 1.43. The van der Waals surface area contributed by atoms with Crippen molar-refractivity contribution in [2.24, 2.45) is 0 Å². The molecule has 3 heterocycles. The molecule has 8 nitrogen and oxygen atoms in total. The van der Waals surface area contributed by atoms with Crippen molar-refractivity contribution in [3.05, 3.63) is 108 Å². The Morgan fingerprint density at radius 3 is 2.58 bits per heavy atom. The lowest BCUT2D eigenvalue weighted by Gasteiger charge is -2.26. The van der Waals surface area contributed by atoms with Gasteiger partial charge in [0.25, 0.3) is 0 Å². The first kappa shape index (κ1) is 25.2. The number of rotatable bonds is 8. The van der Waals surface area contributed by atoms with E-state index in [0.717, 1.165) is 16.9 Å². The van der Waals surface area contributed by atoms with E-state index in [2.05, 4.69) is 15.6 Å². The summed E-state index contributed by atoms with van der Waals surface area (Å²) >= 11 is 5.69. The molecule has 192 valence electrons. The molecular weight excluding hydrogens is 500 g/mol. The van der Waals surface area contributed by atoms with Gasteiger partial charge in [-0.15, -0.1) is 0 Å². The van der Waals surface area contributed by atoms with Crippen LogP contribution in [0, 0.1) is 6.92 Å². The number of anilines is 1. The second-order valence-corrected chi connectivity index (χ2v) is 9.37. The zero-order valence-corrected chi connectivity index (χ0v) is 21.4. The molecular formula is C29H26N4O4S. The third-order valence-electron chi connectivity index (χ3n) is 6.54. The lowest BCUT2D eigenvalue weighted by atomic mass is 10.0. The van der Waals surface area contributed by atoms with E-state index in [1.54, 1.807) is 36.5 Å². The van der Waals surface area contributed by atoms with Gasteiger partial charge in [-0.25, -0.2) is 4.79 Å². The zero-order chi connectivity index (χ0) is 26.6. The molecule has 0 saturated carbocycles. The molecule has 2 unspecified atom stereocenters. The third-order valence-corrected chi connectivity index (χ3v) is 6.89. The number of hydrogen-bond donors (Lipinski definition) is 3. The summed E-state index contributed by atoms with van der Waals surface area (Å²) in [4.78, 5) is 31.0. The lowest BCUT2D eigenvalue weighted by molar-refractivity contribution is -0.116. The highest BCUT2D eigenvalue weighted by Crippen LogP contribution is 2.40. The smallest absolute Gasteiger partial charge is 0.336 e. The van der Waals surface area contributed by atoms with Gasteiger partial charge in [0.2, 0.25) is 5.91 Å². The maximum Gasteiger partial charge on any atom is 0.336 e. The van der Waals surface area contributed by atoms with E-state index in [4.69, 9.17) is 16.6 Å². The minimum Gasteiger partial charge on any atom is -0.478 e. The average molecular weight is 527 g/mol. The lowest BCUT2D eigenvalue weighted by Crippen LogP contribution is -2.32. The third kappa shape index (κ3) is 5.14. The molecule has 3 N–H and O–H groups in total. The van der Waals surface area contributed by atoms with E-state index in [1.807, 2.05) is 60.4 Å². The number of carbonyl (C=O) groups is 2. The van der Waals surface area contributed by atoms with Crippen molar-refractivity contribution >= 4 is 34.9 Å². The molecule has 1 aliphatic rings. The highest BCUT2D eigenvalue weighted by molar-refractivity contribution is 7.80. The molecule has 9 heteroatoms. The van der Waals surface area contributed by atoms with E-state index in [1.165, 1.54) is 0 Å². The summed E-state index contributed by atoms with van der Waals surface area (Å²) in [6.07, 6.45) is 1.92. The minimum absolute atomic E-state index is 0.127. The van der Waals surface area contributed by atoms with Crippen molar-refractivity contribution in [3.63, 3.8) is 0 Å². The number of amides is 1. The van der Waals surface area contributed by atoms with Crippen molar-refractivity contribution in [1.82, 2.24) is 15.2 Å². The standard InChI is InChI=1S/C29H26N4O4S/c1-18-8-2-5-11-21(18)31-25(34)15-17-33-27(26(32-29(33)38)22-12-6-7-16-30-22)24-14-13-23(37-24)19-9-3-4-10-20(19)28(35)36/h2-14,16,26-27H,15,17H2,1H3,(H,31,34)(H,32,38)(H,35,36). The highest BCUT2D eigenvalue weighted by atomic mass is 32.1. The molecule has 0 spiro atoms. The van der Waals surface area contributed by atoms with Gasteiger partial charge >= 0.3 is 5.97 Å². The minimum atomic E-state index is -1.03. The topological polar surface area (TPSA) is 108 Å². The SMILES string of the molecule is Cc1ccccc1NC(=O)CCN1C(=S)NC(c2ccccn2)C1c1ccc(-c2ccccc2C(=O)O)o1. The molecule has 1 amide bonds. The van der Waals surface area contributed by atoms with Crippen molar-refractivity contribution in [3.8, 4) is 11.3 Å². The summed E-state index contributed by atoms with van der Waals surface area (Å²) in [5.41, 5.74) is 3.17. The Labute approximate surface area is 225 Å². The van der Waals surface area contributed by atoms with E-state index in [-0.39, 0.29) is 23.9 Å². The van der Waals surface area contributed by atoms with Crippen LogP contribution in [-0.2, 0) is 4.79 Å². The van der Waals surface area contributed by atoms with Crippen LogP contribution in [0.4, 0.5) is 5.69 Å². The Hall–Kier alpha value is -4.50. The number of aryl methyl sites for hydroxylation is 1. The molecule has 0 bridgehead atoms. The van der Waals surface area contributed by atoms with Gasteiger partial charge in [0.1, 0.15) is 17.6 Å². The normalized spacial score (nSPS) is 16.8. The van der Waals surface area contributed by atoms with E-state index in [0.29, 0.717) is 28.7 Å². The summed E-state index contributed by atoms with van der Waals surface area (Å²) < 4.78 is 6.26. The van der Waals surface area contributed by atoms with Gasteiger partial charge in [-0.05, 0) is 61.1 Å². The molecule has 1 aliphatic heterocycles. The first-order valence-electron chi connectivity index (χ1n) is 12.2. The summed E-state index contributed by atoms with van der Waals surface area (Å²) in [6.45, 7) is 2.29. The van der Waals surface area contributed by atoms with Crippen LogP contribution in [0.2, 0.25) is 0 Å². The van der Waals surface area contributed by atoms with Crippen LogP contribution in [0.15, 0.2) is 89.5 Å². The number of nitrogens with zero attached hydrogens (tertiary/aromatic N) is 2. The maximum absolute atomic E-state index is 12.8. The van der Waals surface area contributed by atoms with E-state index in [9.17, 15) is 14.7 Å². The molecule has 1 saturated heterocycles. The number of pyridine rings is 1. The van der Waals surface area contributed by atoms with Crippen LogP contribution in [0.25, 0.3) is 11.3 Å². The predicted molar refractivity (Wildman–Crippen MR) is 148 cm³/mol. The van der Waals surface area contributed by atoms with Gasteiger partial charge in [-0.3, -0.25) is 9.78 Å². The van der Waals surface area contributed by atoms with Crippen molar-refractivity contribution in [2.45, 2.75) is 25.4 Å². The number of para-hydroxylation sites is 1. The average Bonchev–Trinajstić information content (AvgIpc) is 3.53. The first-order valence-corrected chi connectivity index (χ1v) is 12.6. The van der Waals surface area contributed by atoms with Gasteiger partial charge in [0, 0.05) is 30.4 Å². The summed E-state index contributed by atoms with van der Waals surface area (Å²) in [5, 5.41) is 16.4. The van der Waals surface area contributed by atoms with Crippen molar-refractivity contribution in [1.29, 1.82) is 0 Å². The molecule has 38 heavy (non-hydrogen) atoms. The molecule has 0 aliphatic carbocycles. The number of aromatic carboxylic acids is 1. The van der Waals surface area contributed by atoms with Crippen molar-refractivity contribution < 1.29 is 19.1 Å². The van der Waals surface area contributed by atoms with Crippen LogP contribution in [0.3, 0.4) is 0 Å². The second kappa shape index (κ2) is 10.9. The fraction of sp³-hybridized carbons (Fsp3) is 0.172. The van der Waals surface area contributed by atoms with Gasteiger partial charge in [0.05, 0.1) is 17.3 Å². The molecule has 2 atom stereocenters. The molecule has 5 rings (SSSR count). The Bertz CT molecular complexity index is 1490. The molecule has 0 radical (unpaired) electrons. The molecule has 2 aromatic carbocycles. The number of furan rings is 1. The van der Waals surface area contributed by atoms with Crippen LogP contribution in [0.1, 0.15) is 45.9 Å². The fourth-order valence-electron chi connectivity index (χ4n) is 4.64. The number of aromatic nitrogens is 1. The van der Waals surface area contributed by atoms with E-state index < -0.39 is 12.0 Å². The van der Waals surface area contributed by atoms with Crippen LogP contribution >= 0.6 is 12.2 Å². The second-order valence-electron chi connectivity index (χ2n) is 8.99. The predicted octanol–water partition coefficient (Wildman–Crippen LogP) is 5.35. The Morgan fingerprint density at radius 1 is 1.05 bits per heavy atom. The fourth-order valence-corrected chi connectivity index (χ4v) is 4.98. The summed E-state index contributed by atoms with van der Waals surface area (Å²) in [7, 11) is 0. The van der Waals surface area contributed by atoms with Crippen LogP contribution in [-0.4, -0.2) is 38.5 Å². The van der Waals surface area contributed by atoms with Crippen LogP contribution in [0.5, 0.6) is 0 Å². The Morgan fingerprint density at radius 2 is 1.82 bits per heavy atom. The number of carboxylic acids is 1. The van der Waals surface area contributed by atoms with Crippen molar-refractivity contribution in [2.75, 3.05) is 11.9 Å². The molecule has 2 aromatic heterocycles. The molecule has 4 aromatic rings. The summed E-state index contributed by atoms with van der Waals surface area (Å²) in [5.74, 6) is -0.136. The van der Waals surface area contributed by atoms with Gasteiger partial charge in [-0.2, -0.15) is 0 Å². The largest absolute Gasteiger partial charge is 0.478 e. The van der Waals surface area contributed by atoms with Gasteiger partial charge < -0.3 is 25.1 Å². The number of carbonyl (C=O) groups excluding carboxylic acids is 1. The number of nitrogens with one attached hydrogen (secondary N) is 2. The van der Waals surface area contributed by atoms with Gasteiger partial charge in [0.15, 0.2) is 5.11 Å². The first-order chi connectivity index (χ1) is 18.4. The van der Waals surface area contributed by atoms with E-state index >= 15 is 0 Å². The number of benzene rings is 2. The number of hydrogen-bond acceptors (Lipinski definition) is 5. The maximum atomic E-state index is 12.8. The highest BCUT2D eigenvalue weighted by Gasteiger charge is 2.41. The molecule has 1 fully saturated rings. The summed E-state index contributed by atoms with van der Waals surface area (Å²) in [6, 6.07) is 22.8. The Kier molecular flexibility index (Phi) is 7.19. The zero-order valence-electron chi connectivity index (χ0n) is 20.6. The van der Waals surface area contributed by atoms with Gasteiger partial charge in [-0.1, -0.05) is 42.5 Å². The quantitative estimate of drug-likeness (QED) is 0.264. The monoisotopic (exact) mass is 526 g/mol. The number of thiocarbonyl (C=S) groups is 1. The number of carboxylic acid groups (broad SMARTS) is 1. The van der Waals surface area contributed by atoms with Crippen LogP contribution < -0.4 is 10.6 Å².